The molecule has 1 unspecified atom stereocenters. The molecule has 3 heteroatoms. The summed E-state index contributed by atoms with van der Waals surface area (Å²) in [5, 5.41) is 10.5. The highest BCUT2D eigenvalue weighted by molar-refractivity contribution is 6.30. The zero-order valence-corrected chi connectivity index (χ0v) is 10.7. The van der Waals surface area contributed by atoms with Crippen molar-refractivity contribution in [3.05, 3.63) is 65.2 Å². The second-order valence-electron chi connectivity index (χ2n) is 4.11. The van der Waals surface area contributed by atoms with Crippen molar-refractivity contribution in [2.75, 3.05) is 6.61 Å². The number of hydrogen-bond acceptors (Lipinski definition) is 2. The minimum absolute atomic E-state index is 0.259. The van der Waals surface area contributed by atoms with E-state index in [2.05, 4.69) is 0 Å². The molecule has 1 atom stereocenters. The first-order valence-corrected chi connectivity index (χ1v) is 6.22. The zero-order chi connectivity index (χ0) is 12.8. The summed E-state index contributed by atoms with van der Waals surface area (Å²) in [6.45, 7) is 0.259. The van der Waals surface area contributed by atoms with Gasteiger partial charge in [0.15, 0.2) is 0 Å². The Kier molecular flexibility index (Phi) is 4.62. The van der Waals surface area contributed by atoms with E-state index in [0.717, 1.165) is 5.56 Å². The molecule has 0 aliphatic carbocycles. The molecular weight excluding hydrogens is 248 g/mol. The summed E-state index contributed by atoms with van der Waals surface area (Å²) in [5.74, 6) is 0.676. The molecule has 0 amide bonds. The number of rotatable bonds is 5. The Hall–Kier alpha value is -1.51. The van der Waals surface area contributed by atoms with Gasteiger partial charge >= 0.3 is 0 Å². The summed E-state index contributed by atoms with van der Waals surface area (Å²) in [4.78, 5) is 0. The van der Waals surface area contributed by atoms with E-state index in [1.165, 1.54) is 0 Å². The van der Waals surface area contributed by atoms with Gasteiger partial charge in [0.25, 0.3) is 0 Å². The van der Waals surface area contributed by atoms with Crippen LogP contribution in [0.25, 0.3) is 0 Å². The number of ether oxygens (including phenoxy) is 1. The molecule has 2 nitrogen and oxygen atoms in total. The summed E-state index contributed by atoms with van der Waals surface area (Å²) >= 11 is 5.85. The Labute approximate surface area is 112 Å². The number of halogens is 1. The van der Waals surface area contributed by atoms with Crippen LogP contribution in [0.1, 0.15) is 5.56 Å². The fourth-order valence-electron chi connectivity index (χ4n) is 1.69. The molecule has 0 bridgehead atoms. The van der Waals surface area contributed by atoms with E-state index in [9.17, 15) is 5.11 Å². The topological polar surface area (TPSA) is 29.5 Å². The lowest BCUT2D eigenvalue weighted by Gasteiger charge is -2.12. The first-order valence-electron chi connectivity index (χ1n) is 5.84. The van der Waals surface area contributed by atoms with Crippen molar-refractivity contribution in [2.45, 2.75) is 12.5 Å². The number of benzene rings is 2. The molecule has 0 fully saturated rings. The van der Waals surface area contributed by atoms with Crippen molar-refractivity contribution >= 4 is 11.6 Å². The maximum absolute atomic E-state index is 9.88. The summed E-state index contributed by atoms with van der Waals surface area (Å²) in [6.07, 6.45) is 0.0629. The highest BCUT2D eigenvalue weighted by Gasteiger charge is 2.06. The van der Waals surface area contributed by atoms with E-state index in [4.69, 9.17) is 16.3 Å². The van der Waals surface area contributed by atoms with Crippen LogP contribution < -0.4 is 4.74 Å². The van der Waals surface area contributed by atoms with Crippen molar-refractivity contribution in [2.24, 2.45) is 0 Å². The van der Waals surface area contributed by atoms with Crippen LogP contribution >= 0.6 is 11.6 Å². The number of aliphatic hydroxyl groups excluding tert-OH is 1. The van der Waals surface area contributed by atoms with E-state index >= 15 is 0 Å². The molecule has 94 valence electrons. The van der Waals surface area contributed by atoms with Gasteiger partial charge in [0.2, 0.25) is 0 Å². The van der Waals surface area contributed by atoms with Gasteiger partial charge in [-0.05, 0) is 23.8 Å². The predicted octanol–water partition coefficient (Wildman–Crippen LogP) is 3.32. The summed E-state index contributed by atoms with van der Waals surface area (Å²) in [5.41, 5.74) is 1.10. The molecule has 18 heavy (non-hydrogen) atoms. The second-order valence-corrected chi connectivity index (χ2v) is 4.55. The van der Waals surface area contributed by atoms with Crippen molar-refractivity contribution in [3.8, 4) is 5.75 Å². The molecule has 0 aromatic heterocycles. The Bertz CT molecular complexity index is 485. The van der Waals surface area contributed by atoms with E-state index in [1.54, 1.807) is 12.1 Å². The molecule has 0 aliphatic heterocycles. The lowest BCUT2D eigenvalue weighted by atomic mass is 10.1. The van der Waals surface area contributed by atoms with E-state index in [1.807, 2.05) is 42.5 Å². The summed E-state index contributed by atoms with van der Waals surface area (Å²) in [6, 6.07) is 17.0. The van der Waals surface area contributed by atoms with E-state index in [0.29, 0.717) is 17.2 Å². The van der Waals surface area contributed by atoms with Gasteiger partial charge in [-0.1, -0.05) is 48.0 Å². The Morgan fingerprint density at radius 2 is 1.83 bits per heavy atom. The molecule has 0 aliphatic rings. The molecule has 2 aromatic rings. The van der Waals surface area contributed by atoms with Crippen LogP contribution in [0.15, 0.2) is 54.6 Å². The van der Waals surface area contributed by atoms with Gasteiger partial charge in [-0.3, -0.25) is 0 Å². The summed E-state index contributed by atoms with van der Waals surface area (Å²) < 4.78 is 5.49. The molecule has 0 heterocycles. The molecule has 0 spiro atoms. The standard InChI is InChI=1S/C15H15ClO2/c16-13-7-4-8-15(10-13)18-11-14(17)9-12-5-2-1-3-6-12/h1-8,10,14,17H,9,11H2. The van der Waals surface area contributed by atoms with E-state index < -0.39 is 6.10 Å². The lowest BCUT2D eigenvalue weighted by Crippen LogP contribution is -2.20. The SMILES string of the molecule is OC(COc1cccc(Cl)c1)Cc1ccccc1. The number of aliphatic hydroxyl groups is 1. The normalized spacial score (nSPS) is 12.1. The first kappa shape index (κ1) is 12.9. The Balaban J connectivity index is 1.83. The van der Waals surface area contributed by atoms with Gasteiger partial charge in [0.1, 0.15) is 12.4 Å². The maximum Gasteiger partial charge on any atom is 0.120 e. The average molecular weight is 263 g/mol. The smallest absolute Gasteiger partial charge is 0.120 e. The fraction of sp³-hybridized carbons (Fsp3) is 0.200. The third kappa shape index (κ3) is 4.06. The van der Waals surface area contributed by atoms with Crippen LogP contribution in [-0.2, 0) is 6.42 Å². The molecule has 0 saturated carbocycles. The molecule has 2 aromatic carbocycles. The van der Waals surface area contributed by atoms with Crippen molar-refractivity contribution in [1.29, 1.82) is 0 Å². The van der Waals surface area contributed by atoms with Gasteiger partial charge in [0.05, 0.1) is 6.10 Å². The number of hydrogen-bond donors (Lipinski definition) is 1. The largest absolute Gasteiger partial charge is 0.491 e. The molecule has 1 N–H and O–H groups in total. The van der Waals surface area contributed by atoms with Crippen LogP contribution in [0.4, 0.5) is 0 Å². The van der Waals surface area contributed by atoms with Gasteiger partial charge in [-0.25, -0.2) is 0 Å². The second kappa shape index (κ2) is 6.43. The minimum atomic E-state index is -0.522. The fourth-order valence-corrected chi connectivity index (χ4v) is 1.87. The molecule has 0 radical (unpaired) electrons. The highest BCUT2D eigenvalue weighted by Crippen LogP contribution is 2.17. The lowest BCUT2D eigenvalue weighted by molar-refractivity contribution is 0.108. The molecule has 2 rings (SSSR count). The van der Waals surface area contributed by atoms with Gasteiger partial charge in [0, 0.05) is 11.4 Å². The maximum atomic E-state index is 9.88. The third-order valence-electron chi connectivity index (χ3n) is 2.55. The van der Waals surface area contributed by atoms with Crippen LogP contribution in [0.2, 0.25) is 5.02 Å². The van der Waals surface area contributed by atoms with Crippen LogP contribution in [0.5, 0.6) is 5.75 Å². The van der Waals surface area contributed by atoms with Gasteiger partial charge < -0.3 is 9.84 Å². The monoisotopic (exact) mass is 262 g/mol. The average Bonchev–Trinajstić information content (AvgIpc) is 2.38. The predicted molar refractivity (Wildman–Crippen MR) is 73.1 cm³/mol. The molecule has 0 saturated heterocycles. The van der Waals surface area contributed by atoms with Crippen LogP contribution in [0, 0.1) is 0 Å². The zero-order valence-electron chi connectivity index (χ0n) is 9.92. The first-order chi connectivity index (χ1) is 8.74. The van der Waals surface area contributed by atoms with Gasteiger partial charge in [-0.15, -0.1) is 0 Å². The minimum Gasteiger partial charge on any atom is -0.491 e. The quantitative estimate of drug-likeness (QED) is 0.896. The van der Waals surface area contributed by atoms with Gasteiger partial charge in [-0.2, -0.15) is 0 Å². The van der Waals surface area contributed by atoms with Crippen LogP contribution in [-0.4, -0.2) is 17.8 Å². The Morgan fingerprint density at radius 3 is 2.56 bits per heavy atom. The summed E-state index contributed by atoms with van der Waals surface area (Å²) in [7, 11) is 0. The highest BCUT2D eigenvalue weighted by atomic mass is 35.5. The Morgan fingerprint density at radius 1 is 1.06 bits per heavy atom. The molecular formula is C15H15ClO2. The van der Waals surface area contributed by atoms with E-state index in [-0.39, 0.29) is 6.61 Å². The van der Waals surface area contributed by atoms with Crippen LogP contribution in [0.3, 0.4) is 0 Å². The van der Waals surface area contributed by atoms with Crippen molar-refractivity contribution in [3.63, 3.8) is 0 Å². The van der Waals surface area contributed by atoms with Crippen molar-refractivity contribution in [1.82, 2.24) is 0 Å². The van der Waals surface area contributed by atoms with Crippen molar-refractivity contribution < 1.29 is 9.84 Å². The third-order valence-corrected chi connectivity index (χ3v) is 2.79.